The number of ether oxygens (including phenoxy) is 1. The summed E-state index contributed by atoms with van der Waals surface area (Å²) in [5.41, 5.74) is 6.19. The van der Waals surface area contributed by atoms with Crippen LogP contribution in [0.15, 0.2) is 72.8 Å². The van der Waals surface area contributed by atoms with E-state index >= 15 is 0 Å². The lowest BCUT2D eigenvalue weighted by molar-refractivity contribution is 0.259. The maximum atomic E-state index is 10.0. The average Bonchev–Trinajstić information content (AvgIpc) is 3.34. The van der Waals surface area contributed by atoms with Crippen LogP contribution in [0.2, 0.25) is 0 Å². The SMILES string of the molecule is CC1=C(c2ccc(O)cc2)C(c2ccc(/C=C\CN3CCCC3)cc2)Oc2ccc(O)cc21. The van der Waals surface area contributed by atoms with E-state index in [9.17, 15) is 10.2 Å². The summed E-state index contributed by atoms with van der Waals surface area (Å²) in [6, 6.07) is 20.9. The van der Waals surface area contributed by atoms with E-state index in [1.807, 2.05) is 18.2 Å². The van der Waals surface area contributed by atoms with Crippen LogP contribution in [0.3, 0.4) is 0 Å². The number of hydrogen-bond acceptors (Lipinski definition) is 4. The molecule has 0 spiro atoms. The average molecular weight is 440 g/mol. The molecule has 0 aromatic heterocycles. The summed E-state index contributed by atoms with van der Waals surface area (Å²) >= 11 is 0. The molecule has 0 amide bonds. The first-order chi connectivity index (χ1) is 16.1. The number of hydrogen-bond donors (Lipinski definition) is 2. The highest BCUT2D eigenvalue weighted by Crippen LogP contribution is 2.47. The molecule has 1 saturated heterocycles. The summed E-state index contributed by atoms with van der Waals surface area (Å²) in [5.74, 6) is 1.20. The molecule has 0 saturated carbocycles. The predicted octanol–water partition coefficient (Wildman–Crippen LogP) is 6.27. The van der Waals surface area contributed by atoms with Crippen molar-refractivity contribution < 1.29 is 14.9 Å². The number of benzene rings is 3. The molecule has 4 nitrogen and oxygen atoms in total. The standard InChI is InChI=1S/C29H29NO3/c1-20-26-19-25(32)14-15-27(26)33-29(28(20)22-10-12-24(31)13-11-22)23-8-6-21(7-9-23)5-4-18-30-16-2-3-17-30/h4-15,19,29,31-32H,2-3,16-18H2,1H3/b5-4-. The molecule has 0 bridgehead atoms. The van der Waals surface area contributed by atoms with Crippen LogP contribution in [-0.2, 0) is 0 Å². The number of allylic oxidation sites excluding steroid dienone is 1. The fourth-order valence-corrected chi connectivity index (χ4v) is 4.77. The second-order valence-corrected chi connectivity index (χ2v) is 8.84. The van der Waals surface area contributed by atoms with Crippen LogP contribution >= 0.6 is 0 Å². The van der Waals surface area contributed by atoms with E-state index in [-0.39, 0.29) is 17.6 Å². The Morgan fingerprint density at radius 2 is 1.61 bits per heavy atom. The van der Waals surface area contributed by atoms with Crippen LogP contribution < -0.4 is 4.74 Å². The number of rotatable bonds is 5. The minimum Gasteiger partial charge on any atom is -0.508 e. The largest absolute Gasteiger partial charge is 0.508 e. The van der Waals surface area contributed by atoms with Crippen LogP contribution in [0, 0.1) is 0 Å². The smallest absolute Gasteiger partial charge is 0.150 e. The normalized spacial score (nSPS) is 18.5. The molecule has 33 heavy (non-hydrogen) atoms. The maximum absolute atomic E-state index is 10.0. The van der Waals surface area contributed by atoms with E-state index in [2.05, 4.69) is 48.2 Å². The Morgan fingerprint density at radius 1 is 0.909 bits per heavy atom. The van der Waals surface area contributed by atoms with Gasteiger partial charge in [-0.2, -0.15) is 0 Å². The Balaban J connectivity index is 1.46. The van der Waals surface area contributed by atoms with Gasteiger partial charge in [-0.3, -0.25) is 4.90 Å². The lowest BCUT2D eigenvalue weighted by Gasteiger charge is -2.31. The number of nitrogens with zero attached hydrogens (tertiary/aromatic N) is 1. The lowest BCUT2D eigenvalue weighted by Crippen LogP contribution is -2.18. The third kappa shape index (κ3) is 4.53. The highest BCUT2D eigenvalue weighted by molar-refractivity contribution is 5.95. The van der Waals surface area contributed by atoms with E-state index in [4.69, 9.17) is 4.74 Å². The van der Waals surface area contributed by atoms with Gasteiger partial charge in [-0.1, -0.05) is 48.6 Å². The second-order valence-electron chi connectivity index (χ2n) is 8.84. The van der Waals surface area contributed by atoms with Crippen molar-refractivity contribution in [3.8, 4) is 17.2 Å². The van der Waals surface area contributed by atoms with Crippen LogP contribution in [0.5, 0.6) is 17.2 Å². The summed E-state index contributed by atoms with van der Waals surface area (Å²) in [7, 11) is 0. The van der Waals surface area contributed by atoms with Crippen molar-refractivity contribution in [2.75, 3.05) is 19.6 Å². The number of phenols is 2. The molecule has 3 aromatic rings. The number of phenolic OH excluding ortho intramolecular Hbond substituents is 2. The Bertz CT molecular complexity index is 1190. The van der Waals surface area contributed by atoms with Crippen LogP contribution in [0.25, 0.3) is 17.2 Å². The molecular weight excluding hydrogens is 410 g/mol. The van der Waals surface area contributed by atoms with Gasteiger partial charge < -0.3 is 14.9 Å². The fourth-order valence-electron chi connectivity index (χ4n) is 4.77. The minimum absolute atomic E-state index is 0.213. The Hall–Kier alpha value is -3.50. The van der Waals surface area contributed by atoms with E-state index < -0.39 is 0 Å². The van der Waals surface area contributed by atoms with Crippen LogP contribution in [0.4, 0.5) is 0 Å². The second kappa shape index (κ2) is 9.16. The zero-order valence-corrected chi connectivity index (χ0v) is 18.9. The molecule has 1 unspecified atom stereocenters. The molecule has 2 aliphatic rings. The fraction of sp³-hybridized carbons (Fsp3) is 0.241. The molecule has 1 atom stereocenters. The van der Waals surface area contributed by atoms with Gasteiger partial charge in [-0.05, 0) is 85.5 Å². The third-order valence-corrected chi connectivity index (χ3v) is 6.57. The third-order valence-electron chi connectivity index (χ3n) is 6.57. The molecule has 168 valence electrons. The molecule has 2 N–H and O–H groups in total. The summed E-state index contributed by atoms with van der Waals surface area (Å²) in [4.78, 5) is 2.48. The van der Waals surface area contributed by atoms with Gasteiger partial charge in [0.1, 0.15) is 23.4 Å². The van der Waals surface area contributed by atoms with E-state index in [1.165, 1.54) is 31.5 Å². The quantitative estimate of drug-likeness (QED) is 0.492. The monoisotopic (exact) mass is 439 g/mol. The van der Waals surface area contributed by atoms with Crippen molar-refractivity contribution in [1.82, 2.24) is 4.90 Å². The molecule has 2 heterocycles. The summed E-state index contributed by atoms with van der Waals surface area (Å²) in [6.07, 6.45) is 6.76. The highest BCUT2D eigenvalue weighted by atomic mass is 16.5. The minimum atomic E-state index is -0.283. The van der Waals surface area contributed by atoms with Gasteiger partial charge in [0.15, 0.2) is 0 Å². The van der Waals surface area contributed by atoms with Gasteiger partial charge in [-0.25, -0.2) is 0 Å². The topological polar surface area (TPSA) is 52.9 Å². The molecule has 4 heteroatoms. The van der Waals surface area contributed by atoms with Crippen molar-refractivity contribution >= 4 is 17.2 Å². The van der Waals surface area contributed by atoms with E-state index in [0.717, 1.165) is 40.1 Å². The lowest BCUT2D eigenvalue weighted by atomic mass is 9.86. The molecule has 5 rings (SSSR count). The number of likely N-dealkylation sites (tertiary alicyclic amines) is 1. The first kappa shape index (κ1) is 21.4. The first-order valence-corrected chi connectivity index (χ1v) is 11.6. The zero-order valence-electron chi connectivity index (χ0n) is 18.9. The first-order valence-electron chi connectivity index (χ1n) is 11.6. The van der Waals surface area contributed by atoms with Gasteiger partial charge in [0, 0.05) is 17.7 Å². The highest BCUT2D eigenvalue weighted by Gasteiger charge is 2.29. The van der Waals surface area contributed by atoms with Gasteiger partial charge >= 0.3 is 0 Å². The van der Waals surface area contributed by atoms with E-state index in [1.54, 1.807) is 24.3 Å². The Morgan fingerprint density at radius 3 is 2.33 bits per heavy atom. The van der Waals surface area contributed by atoms with Crippen molar-refractivity contribution in [3.05, 3.63) is 95.1 Å². The van der Waals surface area contributed by atoms with E-state index in [0.29, 0.717) is 0 Å². The van der Waals surface area contributed by atoms with Gasteiger partial charge in [0.05, 0.1) is 0 Å². The van der Waals surface area contributed by atoms with Crippen LogP contribution in [-0.4, -0.2) is 34.7 Å². The van der Waals surface area contributed by atoms with Gasteiger partial charge in [-0.15, -0.1) is 0 Å². The van der Waals surface area contributed by atoms with Crippen molar-refractivity contribution in [2.45, 2.75) is 25.9 Å². The van der Waals surface area contributed by atoms with Crippen molar-refractivity contribution in [2.24, 2.45) is 0 Å². The van der Waals surface area contributed by atoms with Crippen LogP contribution in [0.1, 0.15) is 48.1 Å². The van der Waals surface area contributed by atoms with Crippen molar-refractivity contribution in [1.29, 1.82) is 0 Å². The number of aromatic hydroxyl groups is 2. The molecule has 0 radical (unpaired) electrons. The number of fused-ring (bicyclic) bond motifs is 1. The van der Waals surface area contributed by atoms with Crippen molar-refractivity contribution in [3.63, 3.8) is 0 Å². The summed E-state index contributed by atoms with van der Waals surface area (Å²) < 4.78 is 6.47. The maximum Gasteiger partial charge on any atom is 0.150 e. The summed E-state index contributed by atoms with van der Waals surface area (Å²) in [5, 5.41) is 19.8. The molecule has 2 aliphatic heterocycles. The Labute approximate surface area is 195 Å². The zero-order chi connectivity index (χ0) is 22.8. The van der Waals surface area contributed by atoms with Gasteiger partial charge in [0.25, 0.3) is 0 Å². The Kier molecular flexibility index (Phi) is 5.93. The molecular formula is C29H29NO3. The summed E-state index contributed by atoms with van der Waals surface area (Å²) in [6.45, 7) is 5.47. The molecule has 3 aromatic carbocycles. The predicted molar refractivity (Wildman–Crippen MR) is 133 cm³/mol. The molecule has 0 aliphatic carbocycles. The molecule has 1 fully saturated rings. The van der Waals surface area contributed by atoms with Gasteiger partial charge in [0.2, 0.25) is 0 Å².